The molecule has 9 heteroatoms. The van der Waals surface area contributed by atoms with Crippen molar-refractivity contribution in [2.75, 3.05) is 54.1 Å². The number of hydrogen-bond donors (Lipinski definition) is 0. The molecule has 2 unspecified atom stereocenters. The Kier molecular flexibility index (Phi) is 30.2. The van der Waals surface area contributed by atoms with Crippen LogP contribution in [0.3, 0.4) is 0 Å². The minimum Gasteiger partial charge on any atom is -0.756 e. The predicted molar refractivity (Wildman–Crippen MR) is 190 cm³/mol. The Labute approximate surface area is 283 Å². The second-order valence-electron chi connectivity index (χ2n) is 13.2. The number of phosphoric ester groups is 1. The van der Waals surface area contributed by atoms with Gasteiger partial charge in [-0.2, -0.15) is 0 Å². The molecule has 0 aromatic rings. The number of carbonyl (C=O) groups excluding carboxylic acids is 1. The highest BCUT2D eigenvalue weighted by Crippen LogP contribution is 2.38. The van der Waals surface area contributed by atoms with Crippen molar-refractivity contribution in [1.82, 2.24) is 0 Å². The molecule has 2 atom stereocenters. The SMILES string of the molecule is CC/C=C\C/C=C\C/C=C\CCCCCCCCCC(=O)OC(COCCCCCCCCC)COP(=O)([O-])OCC[N+](C)(C)C. The first kappa shape index (κ1) is 44.7. The van der Waals surface area contributed by atoms with E-state index in [2.05, 4.69) is 50.3 Å². The average molecular weight is 672 g/mol. The summed E-state index contributed by atoms with van der Waals surface area (Å²) in [7, 11) is 1.34. The van der Waals surface area contributed by atoms with Crippen LogP contribution in [0.5, 0.6) is 0 Å². The fourth-order valence-corrected chi connectivity index (χ4v) is 5.35. The molecule has 46 heavy (non-hydrogen) atoms. The Morgan fingerprint density at radius 1 is 0.696 bits per heavy atom. The minimum atomic E-state index is -4.51. The van der Waals surface area contributed by atoms with Crippen molar-refractivity contribution in [1.29, 1.82) is 0 Å². The van der Waals surface area contributed by atoms with E-state index in [1.165, 1.54) is 57.8 Å². The van der Waals surface area contributed by atoms with Crippen LogP contribution in [-0.4, -0.2) is 70.7 Å². The van der Waals surface area contributed by atoms with Crippen LogP contribution >= 0.6 is 7.82 Å². The fourth-order valence-electron chi connectivity index (χ4n) is 4.62. The lowest BCUT2D eigenvalue weighted by molar-refractivity contribution is -0.870. The maximum absolute atomic E-state index is 12.6. The highest BCUT2D eigenvalue weighted by Gasteiger charge is 2.20. The third-order valence-corrected chi connectivity index (χ3v) is 8.42. The maximum Gasteiger partial charge on any atom is 0.306 e. The second-order valence-corrected chi connectivity index (χ2v) is 14.6. The summed E-state index contributed by atoms with van der Waals surface area (Å²) in [5.74, 6) is -0.348. The molecule has 0 aliphatic carbocycles. The topological polar surface area (TPSA) is 94.1 Å². The molecule has 0 amide bonds. The number of quaternary nitrogens is 1. The number of likely N-dealkylation sites (N-methyl/N-ethyl adjacent to an activating group) is 1. The molecular formula is C37H70NO7P. The normalized spacial score (nSPS) is 14.5. The zero-order valence-electron chi connectivity index (χ0n) is 30.3. The van der Waals surface area contributed by atoms with E-state index in [1.807, 2.05) is 21.1 Å². The van der Waals surface area contributed by atoms with Gasteiger partial charge in [0.15, 0.2) is 0 Å². The Balaban J connectivity index is 4.25. The third-order valence-electron chi connectivity index (χ3n) is 7.46. The van der Waals surface area contributed by atoms with Gasteiger partial charge in [-0.15, -0.1) is 0 Å². The molecule has 0 radical (unpaired) electrons. The van der Waals surface area contributed by atoms with E-state index >= 15 is 0 Å². The van der Waals surface area contributed by atoms with Gasteiger partial charge in [-0.05, 0) is 44.9 Å². The number of allylic oxidation sites excluding steroid dienone is 6. The zero-order valence-corrected chi connectivity index (χ0v) is 31.2. The van der Waals surface area contributed by atoms with E-state index < -0.39 is 13.9 Å². The van der Waals surface area contributed by atoms with Crippen molar-refractivity contribution in [3.8, 4) is 0 Å². The van der Waals surface area contributed by atoms with Crippen LogP contribution in [0.25, 0.3) is 0 Å². The maximum atomic E-state index is 12.6. The summed E-state index contributed by atoms with van der Waals surface area (Å²) in [4.78, 5) is 24.8. The lowest BCUT2D eigenvalue weighted by atomic mass is 10.1. The van der Waals surface area contributed by atoms with Crippen LogP contribution < -0.4 is 4.89 Å². The predicted octanol–water partition coefficient (Wildman–Crippen LogP) is 9.24. The van der Waals surface area contributed by atoms with Crippen LogP contribution in [0.4, 0.5) is 0 Å². The van der Waals surface area contributed by atoms with E-state index in [-0.39, 0.29) is 25.8 Å². The molecule has 0 fully saturated rings. The van der Waals surface area contributed by atoms with Crippen LogP contribution in [0.1, 0.15) is 136 Å². The summed E-state index contributed by atoms with van der Waals surface area (Å²) in [6, 6.07) is 0. The van der Waals surface area contributed by atoms with Crippen molar-refractivity contribution in [2.24, 2.45) is 0 Å². The first-order chi connectivity index (χ1) is 22.1. The number of unbranched alkanes of at least 4 members (excludes halogenated alkanes) is 13. The van der Waals surface area contributed by atoms with Gasteiger partial charge >= 0.3 is 5.97 Å². The van der Waals surface area contributed by atoms with E-state index in [0.29, 0.717) is 24.1 Å². The molecule has 0 aromatic carbocycles. The molecular weight excluding hydrogens is 601 g/mol. The van der Waals surface area contributed by atoms with Crippen LogP contribution in [-0.2, 0) is 27.9 Å². The van der Waals surface area contributed by atoms with E-state index in [9.17, 15) is 14.3 Å². The molecule has 8 nitrogen and oxygen atoms in total. The lowest BCUT2D eigenvalue weighted by Crippen LogP contribution is -2.37. The monoisotopic (exact) mass is 671 g/mol. The summed E-state index contributed by atoms with van der Waals surface area (Å²) >= 11 is 0. The Hall–Kier alpha value is -1.28. The average Bonchev–Trinajstić information content (AvgIpc) is 2.99. The Morgan fingerprint density at radius 3 is 1.89 bits per heavy atom. The molecule has 0 rings (SSSR count). The van der Waals surface area contributed by atoms with Crippen molar-refractivity contribution >= 4 is 13.8 Å². The molecule has 270 valence electrons. The van der Waals surface area contributed by atoms with Crippen LogP contribution in [0.15, 0.2) is 36.5 Å². The van der Waals surface area contributed by atoms with Gasteiger partial charge in [-0.25, -0.2) is 0 Å². The summed E-state index contributed by atoms with van der Waals surface area (Å²) in [5.41, 5.74) is 0. The molecule has 0 heterocycles. The Bertz CT molecular complexity index is 838. The number of rotatable bonds is 33. The van der Waals surface area contributed by atoms with E-state index in [0.717, 1.165) is 57.8 Å². The first-order valence-electron chi connectivity index (χ1n) is 18.2. The molecule has 0 aromatic heterocycles. The molecule has 0 spiro atoms. The van der Waals surface area contributed by atoms with Crippen LogP contribution in [0, 0.1) is 0 Å². The Morgan fingerprint density at radius 2 is 1.26 bits per heavy atom. The minimum absolute atomic E-state index is 0.0238. The number of ether oxygens (including phenoxy) is 2. The first-order valence-corrected chi connectivity index (χ1v) is 19.7. The van der Waals surface area contributed by atoms with Gasteiger partial charge in [-0.3, -0.25) is 9.36 Å². The van der Waals surface area contributed by atoms with Crippen LogP contribution in [0.2, 0.25) is 0 Å². The van der Waals surface area contributed by atoms with Gasteiger partial charge in [0.2, 0.25) is 0 Å². The molecule has 0 bridgehead atoms. The number of nitrogens with zero attached hydrogens (tertiary/aromatic N) is 1. The molecule has 0 saturated carbocycles. The quantitative estimate of drug-likeness (QED) is 0.0226. The van der Waals surface area contributed by atoms with Crippen molar-refractivity contribution < 1.29 is 37.3 Å². The number of carbonyl (C=O) groups is 1. The van der Waals surface area contributed by atoms with E-state index in [4.69, 9.17) is 18.5 Å². The summed E-state index contributed by atoms with van der Waals surface area (Å²) in [5, 5.41) is 0. The number of hydrogen-bond acceptors (Lipinski definition) is 7. The van der Waals surface area contributed by atoms with Crippen molar-refractivity contribution in [2.45, 2.75) is 142 Å². The fraction of sp³-hybridized carbons (Fsp3) is 0.811. The zero-order chi connectivity index (χ0) is 34.2. The number of phosphoric acid groups is 1. The second kappa shape index (κ2) is 31.0. The van der Waals surface area contributed by atoms with Crippen molar-refractivity contribution in [3.05, 3.63) is 36.5 Å². The van der Waals surface area contributed by atoms with Gasteiger partial charge in [0.05, 0.1) is 34.4 Å². The summed E-state index contributed by atoms with van der Waals surface area (Å²) in [6.07, 6.45) is 33.0. The van der Waals surface area contributed by atoms with Gasteiger partial charge in [0.25, 0.3) is 7.82 Å². The molecule has 0 saturated heterocycles. The van der Waals surface area contributed by atoms with Gasteiger partial charge < -0.3 is 27.9 Å². The van der Waals surface area contributed by atoms with E-state index in [1.54, 1.807) is 0 Å². The summed E-state index contributed by atoms with van der Waals surface area (Å²) < 4.78 is 34.3. The standard InChI is InChI=1S/C37H70NO7P/c1-6-8-10-12-14-15-16-17-18-19-20-21-22-23-24-26-28-30-37(39)45-36(34-42-32-29-27-25-13-11-9-7-2)35-44-46(40,41)43-33-31-38(3,4)5/h8,10,14-15,17-18,36H,6-7,9,11-13,16,19-35H2,1-5H3/b10-8-,15-14-,18-17-. The highest BCUT2D eigenvalue weighted by molar-refractivity contribution is 7.45. The molecule has 0 aliphatic heterocycles. The number of esters is 1. The largest absolute Gasteiger partial charge is 0.756 e. The van der Waals surface area contributed by atoms with Gasteiger partial charge in [0, 0.05) is 13.0 Å². The van der Waals surface area contributed by atoms with Gasteiger partial charge in [0.1, 0.15) is 19.3 Å². The van der Waals surface area contributed by atoms with Gasteiger partial charge in [-0.1, -0.05) is 121 Å². The highest BCUT2D eigenvalue weighted by atomic mass is 31.2. The summed E-state index contributed by atoms with van der Waals surface area (Å²) in [6.45, 7) is 5.24. The van der Waals surface area contributed by atoms with Crippen molar-refractivity contribution in [3.63, 3.8) is 0 Å². The smallest absolute Gasteiger partial charge is 0.306 e. The molecule has 0 N–H and O–H groups in total. The molecule has 0 aliphatic rings. The lowest BCUT2D eigenvalue weighted by Gasteiger charge is -2.28. The third kappa shape index (κ3) is 34.1.